The minimum Gasteiger partial charge on any atom is -0.389 e. The SMILES string of the molecule is CN(CC(=O)NCC(C)(C)O)S(=O)(=O)c1cccs1. The van der Waals surface area contributed by atoms with Crippen molar-refractivity contribution in [1.29, 1.82) is 0 Å². The van der Waals surface area contributed by atoms with Crippen molar-refractivity contribution in [2.24, 2.45) is 0 Å². The molecule has 0 aliphatic carbocycles. The van der Waals surface area contributed by atoms with Crippen LogP contribution in [0.5, 0.6) is 0 Å². The van der Waals surface area contributed by atoms with Gasteiger partial charge in [-0.2, -0.15) is 4.31 Å². The summed E-state index contributed by atoms with van der Waals surface area (Å²) in [7, 11) is -2.27. The van der Waals surface area contributed by atoms with Gasteiger partial charge in [0, 0.05) is 13.6 Å². The van der Waals surface area contributed by atoms with E-state index in [0.717, 1.165) is 15.6 Å². The van der Waals surface area contributed by atoms with Crippen molar-refractivity contribution < 1.29 is 18.3 Å². The molecule has 0 saturated carbocycles. The number of rotatable bonds is 6. The van der Waals surface area contributed by atoms with Crippen LogP contribution in [0.1, 0.15) is 13.8 Å². The Balaban J connectivity index is 2.60. The molecule has 0 spiro atoms. The molecule has 0 aromatic carbocycles. The standard InChI is InChI=1S/C11H18N2O4S2/c1-11(2,15)8-12-9(14)7-13(3)19(16,17)10-5-4-6-18-10/h4-6,15H,7-8H2,1-3H3,(H,12,14). The lowest BCUT2D eigenvalue weighted by Crippen LogP contribution is -2.43. The van der Waals surface area contributed by atoms with E-state index in [0.29, 0.717) is 0 Å². The minimum absolute atomic E-state index is 0.0682. The normalized spacial score (nSPS) is 12.7. The smallest absolute Gasteiger partial charge is 0.252 e. The second kappa shape index (κ2) is 6.00. The zero-order chi connectivity index (χ0) is 14.7. The maximum Gasteiger partial charge on any atom is 0.252 e. The first-order valence-electron chi connectivity index (χ1n) is 5.62. The van der Waals surface area contributed by atoms with Crippen LogP contribution in [0, 0.1) is 0 Å². The van der Waals surface area contributed by atoms with Crippen LogP contribution in [-0.4, -0.2) is 49.5 Å². The van der Waals surface area contributed by atoms with Crippen LogP contribution in [-0.2, 0) is 14.8 Å². The summed E-state index contributed by atoms with van der Waals surface area (Å²) in [6.45, 7) is 2.90. The fraction of sp³-hybridized carbons (Fsp3) is 0.545. The monoisotopic (exact) mass is 306 g/mol. The van der Waals surface area contributed by atoms with Gasteiger partial charge in [-0.15, -0.1) is 11.3 Å². The van der Waals surface area contributed by atoms with Crippen molar-refractivity contribution in [2.75, 3.05) is 20.1 Å². The van der Waals surface area contributed by atoms with Gasteiger partial charge in [0.15, 0.2) is 0 Å². The first kappa shape index (κ1) is 16.1. The first-order valence-corrected chi connectivity index (χ1v) is 7.94. The molecule has 0 radical (unpaired) electrons. The van der Waals surface area contributed by atoms with Crippen molar-refractivity contribution in [3.05, 3.63) is 17.5 Å². The van der Waals surface area contributed by atoms with Crippen molar-refractivity contribution in [2.45, 2.75) is 23.7 Å². The number of amides is 1. The van der Waals surface area contributed by atoms with Crippen molar-refractivity contribution in [3.63, 3.8) is 0 Å². The Kier molecular flexibility index (Phi) is 5.08. The Morgan fingerprint density at radius 2 is 2.16 bits per heavy atom. The van der Waals surface area contributed by atoms with E-state index in [2.05, 4.69) is 5.32 Å². The zero-order valence-electron chi connectivity index (χ0n) is 11.1. The second-order valence-corrected chi connectivity index (χ2v) is 8.00. The first-order chi connectivity index (χ1) is 8.63. The number of aliphatic hydroxyl groups is 1. The summed E-state index contributed by atoms with van der Waals surface area (Å²) in [6.07, 6.45) is 0. The predicted octanol–water partition coefficient (Wildman–Crippen LogP) is 0.256. The van der Waals surface area contributed by atoms with Gasteiger partial charge in [-0.05, 0) is 25.3 Å². The van der Waals surface area contributed by atoms with Crippen LogP contribution in [0.15, 0.2) is 21.7 Å². The Bertz CT molecular complexity index is 517. The van der Waals surface area contributed by atoms with E-state index in [1.807, 2.05) is 0 Å². The van der Waals surface area contributed by atoms with Crippen LogP contribution < -0.4 is 5.32 Å². The van der Waals surface area contributed by atoms with Crippen LogP contribution in [0.2, 0.25) is 0 Å². The summed E-state index contributed by atoms with van der Waals surface area (Å²) < 4.78 is 25.3. The average molecular weight is 306 g/mol. The summed E-state index contributed by atoms with van der Waals surface area (Å²) in [5, 5.41) is 13.6. The molecule has 0 fully saturated rings. The van der Waals surface area contributed by atoms with Gasteiger partial charge in [0.1, 0.15) is 4.21 Å². The molecular weight excluding hydrogens is 288 g/mol. The lowest BCUT2D eigenvalue weighted by Gasteiger charge is -2.20. The van der Waals surface area contributed by atoms with Crippen LogP contribution in [0.25, 0.3) is 0 Å². The van der Waals surface area contributed by atoms with Gasteiger partial charge in [-0.1, -0.05) is 6.07 Å². The maximum absolute atomic E-state index is 12.0. The van der Waals surface area contributed by atoms with E-state index in [4.69, 9.17) is 0 Å². The summed E-state index contributed by atoms with van der Waals surface area (Å²) >= 11 is 1.10. The van der Waals surface area contributed by atoms with Gasteiger partial charge < -0.3 is 10.4 Å². The van der Waals surface area contributed by atoms with E-state index in [-0.39, 0.29) is 17.3 Å². The molecule has 0 atom stereocenters. The number of hydrogen-bond donors (Lipinski definition) is 2. The lowest BCUT2D eigenvalue weighted by atomic mass is 10.1. The fourth-order valence-electron chi connectivity index (χ4n) is 1.22. The topological polar surface area (TPSA) is 86.7 Å². The van der Waals surface area contributed by atoms with Gasteiger partial charge in [0.05, 0.1) is 12.1 Å². The predicted molar refractivity (Wildman–Crippen MR) is 73.4 cm³/mol. The van der Waals surface area contributed by atoms with E-state index >= 15 is 0 Å². The van der Waals surface area contributed by atoms with Crippen LogP contribution >= 0.6 is 11.3 Å². The quantitative estimate of drug-likeness (QED) is 0.789. The van der Waals surface area contributed by atoms with E-state index in [1.165, 1.54) is 13.1 Å². The molecule has 2 N–H and O–H groups in total. The van der Waals surface area contributed by atoms with Crippen LogP contribution in [0.4, 0.5) is 0 Å². The molecule has 1 aromatic heterocycles. The molecule has 19 heavy (non-hydrogen) atoms. The third-order valence-electron chi connectivity index (χ3n) is 2.24. The van der Waals surface area contributed by atoms with Crippen molar-refractivity contribution >= 4 is 27.3 Å². The van der Waals surface area contributed by atoms with E-state index < -0.39 is 21.5 Å². The number of carbonyl (C=O) groups is 1. The molecule has 0 saturated heterocycles. The molecule has 0 aliphatic heterocycles. The number of nitrogens with zero attached hydrogens (tertiary/aromatic N) is 1. The fourth-order valence-corrected chi connectivity index (χ4v) is 3.55. The Morgan fingerprint density at radius 3 is 2.63 bits per heavy atom. The van der Waals surface area contributed by atoms with Gasteiger partial charge in [0.2, 0.25) is 5.91 Å². The number of likely N-dealkylation sites (N-methyl/N-ethyl adjacent to an activating group) is 1. The van der Waals surface area contributed by atoms with Gasteiger partial charge >= 0.3 is 0 Å². The van der Waals surface area contributed by atoms with Crippen molar-refractivity contribution in [3.8, 4) is 0 Å². The Hall–Kier alpha value is -0.960. The molecule has 0 unspecified atom stereocenters. The number of nitrogens with one attached hydrogen (secondary N) is 1. The Labute approximate surface area is 117 Å². The zero-order valence-corrected chi connectivity index (χ0v) is 12.7. The highest BCUT2D eigenvalue weighted by Gasteiger charge is 2.24. The number of sulfonamides is 1. The molecular formula is C11H18N2O4S2. The van der Waals surface area contributed by atoms with E-state index in [9.17, 15) is 18.3 Å². The van der Waals surface area contributed by atoms with Gasteiger partial charge in [-0.3, -0.25) is 4.79 Å². The molecule has 6 nitrogen and oxygen atoms in total. The Morgan fingerprint density at radius 1 is 1.53 bits per heavy atom. The molecule has 8 heteroatoms. The maximum atomic E-state index is 12.0. The highest BCUT2D eigenvalue weighted by molar-refractivity contribution is 7.91. The molecule has 0 aliphatic rings. The number of hydrogen-bond acceptors (Lipinski definition) is 5. The summed E-state index contributed by atoms with van der Waals surface area (Å²) in [6, 6.07) is 3.13. The van der Waals surface area contributed by atoms with Crippen molar-refractivity contribution in [1.82, 2.24) is 9.62 Å². The van der Waals surface area contributed by atoms with Gasteiger partial charge in [-0.25, -0.2) is 8.42 Å². The summed E-state index contributed by atoms with van der Waals surface area (Å²) in [5.41, 5.74) is -1.03. The molecule has 0 bridgehead atoms. The minimum atomic E-state index is -3.62. The number of thiophene rings is 1. The highest BCUT2D eigenvalue weighted by Crippen LogP contribution is 2.19. The third kappa shape index (κ3) is 4.90. The van der Waals surface area contributed by atoms with Gasteiger partial charge in [0.25, 0.3) is 10.0 Å². The lowest BCUT2D eigenvalue weighted by molar-refractivity contribution is -0.122. The molecule has 1 amide bonds. The molecule has 1 rings (SSSR count). The second-order valence-electron chi connectivity index (χ2n) is 4.78. The molecule has 1 heterocycles. The van der Waals surface area contributed by atoms with E-state index in [1.54, 1.807) is 25.3 Å². The number of carbonyl (C=O) groups excluding carboxylic acids is 1. The average Bonchev–Trinajstić information content (AvgIpc) is 2.79. The third-order valence-corrected chi connectivity index (χ3v) is 5.42. The summed E-state index contributed by atoms with van der Waals surface area (Å²) in [4.78, 5) is 11.6. The largest absolute Gasteiger partial charge is 0.389 e. The molecule has 108 valence electrons. The molecule has 1 aromatic rings. The summed E-state index contributed by atoms with van der Waals surface area (Å²) in [5.74, 6) is -0.454. The highest BCUT2D eigenvalue weighted by atomic mass is 32.2. The van der Waals surface area contributed by atoms with Crippen LogP contribution in [0.3, 0.4) is 0 Å².